The normalized spacial score (nSPS) is 11.5. The molecule has 0 saturated heterocycles. The Balaban J connectivity index is 1.75. The molecule has 0 radical (unpaired) electrons. The van der Waals surface area contributed by atoms with Gasteiger partial charge in [0.25, 0.3) is 5.91 Å². The summed E-state index contributed by atoms with van der Waals surface area (Å²) in [5.74, 6) is -0.872. The van der Waals surface area contributed by atoms with Crippen molar-refractivity contribution in [2.24, 2.45) is 0 Å². The van der Waals surface area contributed by atoms with E-state index in [1.807, 2.05) is 48.5 Å². The summed E-state index contributed by atoms with van der Waals surface area (Å²) in [5, 5.41) is 12.4. The summed E-state index contributed by atoms with van der Waals surface area (Å²) >= 11 is 6.02. The third-order valence-corrected chi connectivity index (χ3v) is 4.86. The molecule has 29 heavy (non-hydrogen) atoms. The molecule has 3 aromatic rings. The van der Waals surface area contributed by atoms with Gasteiger partial charge in [-0.15, -0.1) is 0 Å². The zero-order valence-electron chi connectivity index (χ0n) is 15.8. The summed E-state index contributed by atoms with van der Waals surface area (Å²) < 4.78 is 5.39. The molecule has 0 fully saturated rings. The van der Waals surface area contributed by atoms with Crippen LogP contribution in [0, 0.1) is 0 Å². The minimum atomic E-state index is -1.11. The number of methoxy groups -OCH3 is 1. The molecule has 0 unspecified atom stereocenters. The summed E-state index contributed by atoms with van der Waals surface area (Å²) in [5.41, 5.74) is 2.93. The second-order valence-corrected chi connectivity index (χ2v) is 6.85. The van der Waals surface area contributed by atoms with Gasteiger partial charge in [0.2, 0.25) is 0 Å². The summed E-state index contributed by atoms with van der Waals surface area (Å²) in [6, 6.07) is 20.6. The minimum absolute atomic E-state index is 0.151. The largest absolute Gasteiger partial charge is 0.496 e. The Labute approximate surface area is 173 Å². The van der Waals surface area contributed by atoms with Crippen LogP contribution in [-0.2, 0) is 11.2 Å². The van der Waals surface area contributed by atoms with Gasteiger partial charge in [-0.3, -0.25) is 4.79 Å². The molecular formula is C23H20ClNO4. The van der Waals surface area contributed by atoms with Gasteiger partial charge in [-0.25, -0.2) is 4.79 Å². The number of carbonyl (C=O) groups excluding carboxylic acids is 1. The number of hydrogen-bond donors (Lipinski definition) is 2. The molecule has 1 atom stereocenters. The molecule has 0 saturated carbocycles. The Morgan fingerprint density at radius 1 is 1.00 bits per heavy atom. The van der Waals surface area contributed by atoms with Crippen molar-refractivity contribution in [2.45, 2.75) is 12.5 Å². The first-order valence-electron chi connectivity index (χ1n) is 9.00. The Morgan fingerprint density at radius 3 is 2.31 bits per heavy atom. The molecule has 0 aliphatic heterocycles. The molecule has 1 amide bonds. The fourth-order valence-electron chi connectivity index (χ4n) is 3.02. The minimum Gasteiger partial charge on any atom is -0.496 e. The van der Waals surface area contributed by atoms with Crippen molar-refractivity contribution in [1.29, 1.82) is 0 Å². The summed E-state index contributed by atoms with van der Waals surface area (Å²) in [4.78, 5) is 24.1. The molecule has 3 aromatic carbocycles. The van der Waals surface area contributed by atoms with E-state index in [0.29, 0.717) is 0 Å². The van der Waals surface area contributed by atoms with Gasteiger partial charge in [0.1, 0.15) is 11.8 Å². The molecule has 6 heteroatoms. The van der Waals surface area contributed by atoms with E-state index in [-0.39, 0.29) is 17.0 Å². The number of amides is 1. The number of carboxylic acids is 1. The van der Waals surface area contributed by atoms with Crippen molar-refractivity contribution in [3.05, 3.63) is 88.9 Å². The van der Waals surface area contributed by atoms with Gasteiger partial charge in [0.05, 0.1) is 17.7 Å². The second-order valence-electron chi connectivity index (χ2n) is 6.45. The van der Waals surface area contributed by atoms with Crippen LogP contribution in [0.2, 0.25) is 5.02 Å². The SMILES string of the molecule is COc1ccccc1-c1ccc(C[C@H](NC(=O)c2ccccc2Cl)C(=O)O)cc1. The molecule has 0 heterocycles. The van der Waals surface area contributed by atoms with Crippen molar-refractivity contribution in [3.63, 3.8) is 0 Å². The summed E-state index contributed by atoms with van der Waals surface area (Å²) in [7, 11) is 1.62. The lowest BCUT2D eigenvalue weighted by molar-refractivity contribution is -0.139. The lowest BCUT2D eigenvalue weighted by atomic mass is 10.00. The number of para-hydroxylation sites is 1. The van der Waals surface area contributed by atoms with E-state index in [1.165, 1.54) is 0 Å². The number of nitrogens with one attached hydrogen (secondary N) is 1. The number of ether oxygens (including phenoxy) is 1. The summed E-state index contributed by atoms with van der Waals surface area (Å²) in [6.07, 6.45) is 0.151. The summed E-state index contributed by atoms with van der Waals surface area (Å²) in [6.45, 7) is 0. The van der Waals surface area contributed by atoms with Crippen LogP contribution in [0.1, 0.15) is 15.9 Å². The lowest BCUT2D eigenvalue weighted by Gasteiger charge is -2.16. The molecule has 5 nitrogen and oxygen atoms in total. The third kappa shape index (κ3) is 4.95. The highest BCUT2D eigenvalue weighted by molar-refractivity contribution is 6.33. The molecule has 3 rings (SSSR count). The van der Waals surface area contributed by atoms with Gasteiger partial charge in [-0.2, -0.15) is 0 Å². The van der Waals surface area contributed by atoms with Gasteiger partial charge >= 0.3 is 5.97 Å². The Morgan fingerprint density at radius 2 is 1.66 bits per heavy atom. The smallest absolute Gasteiger partial charge is 0.326 e. The maximum Gasteiger partial charge on any atom is 0.326 e. The maximum atomic E-state index is 12.4. The number of hydrogen-bond acceptors (Lipinski definition) is 3. The predicted octanol–water partition coefficient (Wildman–Crippen LogP) is 4.44. The van der Waals surface area contributed by atoms with Crippen molar-refractivity contribution in [1.82, 2.24) is 5.32 Å². The standard InChI is InChI=1S/C23H20ClNO4/c1-29-21-9-5-3-6-17(21)16-12-10-15(11-13-16)14-20(23(27)28)25-22(26)18-7-2-4-8-19(18)24/h2-13,20H,14H2,1H3,(H,25,26)(H,27,28)/t20-/m0/s1. The first kappa shape index (κ1) is 20.4. The number of aliphatic carboxylic acids is 1. The molecular weight excluding hydrogens is 390 g/mol. The predicted molar refractivity (Wildman–Crippen MR) is 112 cm³/mol. The zero-order chi connectivity index (χ0) is 20.8. The Hall–Kier alpha value is -3.31. The van der Waals surface area contributed by atoms with Crippen LogP contribution in [0.4, 0.5) is 0 Å². The van der Waals surface area contributed by atoms with E-state index in [4.69, 9.17) is 16.3 Å². The number of rotatable bonds is 7. The fourth-order valence-corrected chi connectivity index (χ4v) is 3.24. The van der Waals surface area contributed by atoms with Crippen LogP contribution in [0.3, 0.4) is 0 Å². The van der Waals surface area contributed by atoms with Crippen LogP contribution in [-0.4, -0.2) is 30.1 Å². The van der Waals surface area contributed by atoms with Gasteiger partial charge in [-0.1, -0.05) is 66.2 Å². The van der Waals surface area contributed by atoms with Crippen molar-refractivity contribution >= 4 is 23.5 Å². The number of benzene rings is 3. The third-order valence-electron chi connectivity index (χ3n) is 4.53. The van der Waals surface area contributed by atoms with Crippen LogP contribution in [0.25, 0.3) is 11.1 Å². The number of carboxylic acid groups (broad SMARTS) is 1. The van der Waals surface area contributed by atoms with Gasteiger partial charge in [-0.05, 0) is 29.3 Å². The van der Waals surface area contributed by atoms with Crippen LogP contribution in [0.5, 0.6) is 5.75 Å². The first-order valence-corrected chi connectivity index (χ1v) is 9.38. The highest BCUT2D eigenvalue weighted by atomic mass is 35.5. The number of halogens is 1. The van der Waals surface area contributed by atoms with Crippen molar-refractivity contribution in [3.8, 4) is 16.9 Å². The average molecular weight is 410 g/mol. The van der Waals surface area contributed by atoms with Gasteiger partial charge < -0.3 is 15.2 Å². The van der Waals surface area contributed by atoms with E-state index in [2.05, 4.69) is 5.32 Å². The van der Waals surface area contributed by atoms with Crippen LogP contribution in [0.15, 0.2) is 72.8 Å². The Bertz CT molecular complexity index is 1020. The van der Waals surface area contributed by atoms with Gasteiger partial charge in [0.15, 0.2) is 0 Å². The Kier molecular flexibility index (Phi) is 6.52. The van der Waals surface area contributed by atoms with E-state index in [1.54, 1.807) is 31.4 Å². The molecule has 0 aromatic heterocycles. The average Bonchev–Trinajstić information content (AvgIpc) is 2.74. The monoisotopic (exact) mass is 409 g/mol. The molecule has 0 aliphatic carbocycles. The first-order chi connectivity index (χ1) is 14.0. The second kappa shape index (κ2) is 9.26. The van der Waals surface area contributed by atoms with Crippen molar-refractivity contribution in [2.75, 3.05) is 7.11 Å². The van der Waals surface area contributed by atoms with Crippen molar-refractivity contribution < 1.29 is 19.4 Å². The highest BCUT2D eigenvalue weighted by Crippen LogP contribution is 2.29. The molecule has 148 valence electrons. The van der Waals surface area contributed by atoms with Crippen LogP contribution < -0.4 is 10.1 Å². The quantitative estimate of drug-likeness (QED) is 0.604. The van der Waals surface area contributed by atoms with E-state index in [0.717, 1.165) is 22.4 Å². The van der Waals surface area contributed by atoms with E-state index >= 15 is 0 Å². The topological polar surface area (TPSA) is 75.6 Å². The maximum absolute atomic E-state index is 12.4. The van der Waals surface area contributed by atoms with E-state index in [9.17, 15) is 14.7 Å². The molecule has 2 N–H and O–H groups in total. The zero-order valence-corrected chi connectivity index (χ0v) is 16.5. The highest BCUT2D eigenvalue weighted by Gasteiger charge is 2.22. The van der Waals surface area contributed by atoms with E-state index < -0.39 is 17.9 Å². The molecule has 0 spiro atoms. The van der Waals surface area contributed by atoms with Crippen LogP contribution >= 0.6 is 11.6 Å². The fraction of sp³-hybridized carbons (Fsp3) is 0.130. The molecule has 0 aliphatic rings. The lowest BCUT2D eigenvalue weighted by Crippen LogP contribution is -2.42. The van der Waals surface area contributed by atoms with Gasteiger partial charge in [0, 0.05) is 12.0 Å². The number of carbonyl (C=O) groups is 2. The molecule has 0 bridgehead atoms.